The molecular weight excluding hydrogens is 1750 g/mol. The average Bonchev–Trinajstić information content (AvgIpc) is 1.46. The number of hydrogen-bond donors (Lipinski definition) is 7. The van der Waals surface area contributed by atoms with Crippen LogP contribution in [0.3, 0.4) is 0 Å². The standard InChI is InChI=1S/C52H63BrN6O11.C41H51BrN6O8/c1-4-52(37-26-41-46-32(24-35-38(53)15-13-17-39(35)56-46)28-59(41)49(67)36(37)29-69-50(52)68)70-45(64)27-51(21-10-6-11-22-51)30-55-48(66)40(16-8-9-18-42(54)61)57-47(65)34(31(2)3)25-33(60)14-7-5-12-23-58-43(62)19-20-44(58)63;1-4-41(27-18-31-35-24(17-25-28(42)11-10-13-29(25)46-35)20-48(31)38(53)26(27)21-55-39(41)54)56-33(50)19-40(15-8-5-9-16-40)22-45-36(51)30(12-6-7-14-32(43)49)47-37(52)34(44)23(2)3/h13,15,17,19-20,24,26,31,34,40H,4-12,14,16,18,21-23,25,27-30H2,1-3H3,(H2,54,61)(H,55,66)(H,57,65);10-11,13,17-18,23,30,34H,4-9,12,14-16,19-22,44H2,1-3H3,(H2,43,49)(H,45,51)(H,47,52)/t34-,40-,52-;30-,34-,41-/m00/s1. The van der Waals surface area contributed by atoms with E-state index in [1.165, 1.54) is 12.2 Å². The third-order valence-corrected chi connectivity index (χ3v) is 27.5. The zero-order valence-corrected chi connectivity index (χ0v) is 75.6. The van der Waals surface area contributed by atoms with Gasteiger partial charge < -0.3 is 66.5 Å². The van der Waals surface area contributed by atoms with Crippen LogP contribution in [-0.4, -0.2) is 139 Å². The number of primary amides is 2. The van der Waals surface area contributed by atoms with E-state index in [9.17, 15) is 71.9 Å². The number of rotatable bonds is 38. The molecule has 0 saturated heterocycles. The Kier molecular flexibility index (Phi) is 30.7. The number of amides is 8. The number of fused-ring (bicyclic) bond motifs is 10. The maximum Gasteiger partial charge on any atom is 0.355 e. The fourth-order valence-corrected chi connectivity index (χ4v) is 19.6. The molecule has 7 aliphatic rings. The van der Waals surface area contributed by atoms with Crippen molar-refractivity contribution < 1.29 is 81.3 Å². The van der Waals surface area contributed by atoms with Gasteiger partial charge in [0.25, 0.3) is 22.9 Å². The number of carbonyl (C=O) groups excluding carboxylic acids is 13. The number of unbranched alkanes of at least 4 members (excludes halogenated alkanes) is 4. The number of Topliss-reactive ketones (excluding diaryl/α,β-unsaturated/α-hetero) is 1. The minimum atomic E-state index is -1.91. The zero-order chi connectivity index (χ0) is 90.7. The largest absolute Gasteiger partial charge is 0.457 e. The highest BCUT2D eigenvalue weighted by Crippen LogP contribution is 2.48. The molecular formula is C93H114Br2N12O19. The molecule has 0 bridgehead atoms. The van der Waals surface area contributed by atoms with Gasteiger partial charge in [0.05, 0.1) is 76.9 Å². The summed E-state index contributed by atoms with van der Waals surface area (Å²) in [6.45, 7) is 11.2. The summed E-state index contributed by atoms with van der Waals surface area (Å²) in [4.78, 5) is 210. The lowest BCUT2D eigenvalue weighted by Gasteiger charge is -2.39. The summed E-state index contributed by atoms with van der Waals surface area (Å²) in [6.07, 6.45) is 14.0. The summed E-state index contributed by atoms with van der Waals surface area (Å²) in [5.41, 5.74) is 17.3. The third kappa shape index (κ3) is 21.1. The van der Waals surface area contributed by atoms with E-state index in [0.29, 0.717) is 106 Å². The number of hydrogen-bond acceptors (Lipinski definition) is 22. The van der Waals surface area contributed by atoms with Gasteiger partial charge in [-0.2, -0.15) is 0 Å². The van der Waals surface area contributed by atoms with Crippen molar-refractivity contribution in [1.29, 1.82) is 0 Å². The van der Waals surface area contributed by atoms with Crippen molar-refractivity contribution in [2.24, 2.45) is 45.8 Å². The summed E-state index contributed by atoms with van der Waals surface area (Å²) in [5.74, 6) is -7.56. The number of pyridine rings is 4. The van der Waals surface area contributed by atoms with Gasteiger partial charge in [-0.3, -0.25) is 67.2 Å². The second-order valence-corrected chi connectivity index (χ2v) is 37.2. The monoisotopic (exact) mass is 1860 g/mol. The number of imide groups is 1. The molecule has 33 heteroatoms. The normalized spacial score (nSPS) is 19.0. The predicted molar refractivity (Wildman–Crippen MR) is 473 cm³/mol. The summed E-state index contributed by atoms with van der Waals surface area (Å²) >= 11 is 7.19. The topological polar surface area (TPSA) is 458 Å². The first kappa shape index (κ1) is 94.5. The molecule has 2 saturated carbocycles. The van der Waals surface area contributed by atoms with Crippen LogP contribution in [0.4, 0.5) is 0 Å². The van der Waals surface area contributed by atoms with Crippen LogP contribution in [0.2, 0.25) is 0 Å². The Morgan fingerprint density at radius 3 is 1.37 bits per heavy atom. The van der Waals surface area contributed by atoms with Crippen LogP contribution in [0.25, 0.3) is 44.6 Å². The molecule has 2 aromatic carbocycles. The quantitative estimate of drug-likeness (QED) is 0.00818. The Balaban J connectivity index is 0.000000235. The number of benzene rings is 2. The molecule has 0 radical (unpaired) electrons. The van der Waals surface area contributed by atoms with Crippen LogP contribution >= 0.6 is 31.9 Å². The van der Waals surface area contributed by atoms with Crippen molar-refractivity contribution in [3.05, 3.63) is 136 Å². The van der Waals surface area contributed by atoms with Crippen LogP contribution in [0, 0.1) is 28.6 Å². The number of nitrogens with one attached hydrogen (secondary N) is 4. The molecule has 0 unspecified atom stereocenters. The maximum atomic E-state index is 14.4. The molecule has 9 heterocycles. The highest BCUT2D eigenvalue weighted by Gasteiger charge is 2.54. The van der Waals surface area contributed by atoms with E-state index >= 15 is 0 Å². The number of cyclic esters (lactones) is 2. The van der Waals surface area contributed by atoms with Gasteiger partial charge in [0.1, 0.15) is 31.1 Å². The Bertz CT molecular complexity index is 5420. The SMILES string of the molecule is CC[C@@]1(OC(=O)CC2(CNC(=O)[C@H](CCCCC(N)=O)NC(=O)[C@@H](CC(=O)CCCCCN3C(=O)C=CC3=O)C(C)C)CCCCC2)C(=O)OCc2c1cc1n(c2=O)Cc2cc3c(Br)cccc3nc2-1.CC[C@@]1(OC(=O)CC2(CNC(=O)[C@H](CCCCC(N)=O)NC(=O)[C@@H](N)C(C)C)CCCCC2)C(=O)OCc2c1cc1n(c2=O)Cc2cc3c(Br)cccc3nc2-1. The molecule has 2 aliphatic carbocycles. The highest BCUT2D eigenvalue weighted by atomic mass is 79.9. The molecule has 6 aromatic rings. The lowest BCUT2D eigenvalue weighted by molar-refractivity contribution is -0.191. The van der Waals surface area contributed by atoms with Gasteiger partial charge in [0, 0.05) is 105 Å². The molecule has 4 aromatic heterocycles. The lowest BCUT2D eigenvalue weighted by Crippen LogP contribution is -2.54. The molecule has 0 spiro atoms. The number of ketones is 1. The molecule has 6 atom stereocenters. The van der Waals surface area contributed by atoms with E-state index in [0.717, 1.165) is 85.3 Å². The first-order chi connectivity index (χ1) is 60.1. The van der Waals surface area contributed by atoms with Crippen molar-refractivity contribution in [2.75, 3.05) is 19.6 Å². The molecule has 31 nitrogen and oxygen atoms in total. The summed E-state index contributed by atoms with van der Waals surface area (Å²) in [6, 6.07) is 16.1. The van der Waals surface area contributed by atoms with E-state index in [-0.39, 0.29) is 161 Å². The van der Waals surface area contributed by atoms with Crippen LogP contribution in [0.1, 0.15) is 248 Å². The van der Waals surface area contributed by atoms with Crippen molar-refractivity contribution in [3.8, 4) is 22.8 Å². The fourth-order valence-electron chi connectivity index (χ4n) is 18.6. The lowest BCUT2D eigenvalue weighted by atomic mass is 9.71. The van der Waals surface area contributed by atoms with E-state index in [2.05, 4.69) is 53.1 Å². The summed E-state index contributed by atoms with van der Waals surface area (Å²) < 4.78 is 28.6. The predicted octanol–water partition coefficient (Wildman–Crippen LogP) is 10.5. The minimum absolute atomic E-state index is 0.00838. The first-order valence-electron chi connectivity index (χ1n) is 44.2. The van der Waals surface area contributed by atoms with Crippen LogP contribution in [0.5, 0.6) is 0 Å². The van der Waals surface area contributed by atoms with Crippen LogP contribution < -0.4 is 49.6 Å². The van der Waals surface area contributed by atoms with E-state index < -0.39 is 105 Å². The number of carbonyl (C=O) groups is 13. The Labute approximate surface area is 747 Å². The molecule has 5 aliphatic heterocycles. The van der Waals surface area contributed by atoms with Gasteiger partial charge in [-0.05, 0) is 148 Å². The summed E-state index contributed by atoms with van der Waals surface area (Å²) in [5, 5.41) is 13.5. The van der Waals surface area contributed by atoms with Crippen LogP contribution in [0.15, 0.2) is 91.4 Å². The van der Waals surface area contributed by atoms with Gasteiger partial charge in [-0.15, -0.1) is 0 Å². The molecule has 2 fully saturated rings. The van der Waals surface area contributed by atoms with Gasteiger partial charge >= 0.3 is 23.9 Å². The number of esters is 4. The molecule has 8 amide bonds. The molecule has 126 heavy (non-hydrogen) atoms. The number of aromatic nitrogens is 4. The minimum Gasteiger partial charge on any atom is -0.457 e. The zero-order valence-electron chi connectivity index (χ0n) is 72.4. The second kappa shape index (κ2) is 41.0. The van der Waals surface area contributed by atoms with Crippen molar-refractivity contribution in [1.82, 2.24) is 45.3 Å². The van der Waals surface area contributed by atoms with Crippen molar-refractivity contribution >= 4 is 131 Å². The average molecular weight is 1860 g/mol. The number of halogens is 2. The molecule has 10 N–H and O–H groups in total. The van der Waals surface area contributed by atoms with E-state index in [1.54, 1.807) is 35.1 Å². The first-order valence-corrected chi connectivity index (χ1v) is 45.8. The Morgan fingerprint density at radius 1 is 0.532 bits per heavy atom. The van der Waals surface area contributed by atoms with E-state index in [4.69, 9.17) is 46.1 Å². The number of nitrogens with two attached hydrogens (primary N) is 3. The third-order valence-electron chi connectivity index (χ3n) is 26.1. The van der Waals surface area contributed by atoms with Gasteiger partial charge in [-0.25, -0.2) is 19.6 Å². The molecule has 13 rings (SSSR count). The fraction of sp³-hybridized carbons (Fsp3) is 0.538. The van der Waals surface area contributed by atoms with Crippen molar-refractivity contribution in [3.63, 3.8) is 0 Å². The van der Waals surface area contributed by atoms with Gasteiger partial charge in [0.15, 0.2) is 0 Å². The Morgan fingerprint density at radius 2 is 0.960 bits per heavy atom. The number of ether oxygens (including phenoxy) is 4. The second-order valence-electron chi connectivity index (χ2n) is 35.5. The van der Waals surface area contributed by atoms with Crippen LogP contribution in [-0.2, 0) is 119 Å². The van der Waals surface area contributed by atoms with Gasteiger partial charge in [0.2, 0.25) is 46.6 Å². The summed E-state index contributed by atoms with van der Waals surface area (Å²) in [7, 11) is 0. The smallest absolute Gasteiger partial charge is 0.355 e. The maximum absolute atomic E-state index is 14.4. The Hall–Kier alpha value is -10.7. The number of nitrogens with zero attached hydrogens (tertiary/aromatic N) is 5. The van der Waals surface area contributed by atoms with Gasteiger partial charge in [-0.1, -0.05) is 143 Å². The highest BCUT2D eigenvalue weighted by molar-refractivity contribution is 9.11. The molecule has 674 valence electrons. The van der Waals surface area contributed by atoms with E-state index in [1.807, 2.05) is 76.2 Å². The van der Waals surface area contributed by atoms with Crippen molar-refractivity contribution in [2.45, 2.75) is 271 Å².